The lowest BCUT2D eigenvalue weighted by molar-refractivity contribution is -0.134. The van der Waals surface area contributed by atoms with Crippen LogP contribution in [0.1, 0.15) is 0 Å². The molecule has 0 bridgehead atoms. The van der Waals surface area contributed by atoms with Gasteiger partial charge in [-0.2, -0.15) is 4.31 Å². The van der Waals surface area contributed by atoms with Crippen molar-refractivity contribution in [3.8, 4) is 5.75 Å². The molecule has 0 radical (unpaired) electrons. The molecule has 1 aliphatic rings. The van der Waals surface area contributed by atoms with Gasteiger partial charge in [-0.05, 0) is 36.4 Å². The Balaban J connectivity index is 1.56. The molecule has 1 saturated heterocycles. The largest absolute Gasteiger partial charge is 0.482 e. The summed E-state index contributed by atoms with van der Waals surface area (Å²) in [5.41, 5.74) is 0. The zero-order chi connectivity index (χ0) is 20.3. The smallest absolute Gasteiger partial charge is 0.260 e. The molecule has 0 aliphatic carbocycles. The quantitative estimate of drug-likeness (QED) is 0.731. The highest BCUT2D eigenvalue weighted by molar-refractivity contribution is 7.89. The molecule has 10 heteroatoms. The molecule has 1 fully saturated rings. The molecular weight excluding hydrogens is 414 g/mol. The second-order valence-corrected chi connectivity index (χ2v) is 8.45. The molecule has 1 heterocycles. The van der Waals surface area contributed by atoms with Gasteiger partial charge in [0.1, 0.15) is 17.4 Å². The van der Waals surface area contributed by atoms with Gasteiger partial charge in [0.2, 0.25) is 10.0 Å². The van der Waals surface area contributed by atoms with Crippen LogP contribution < -0.4 is 4.74 Å². The maximum Gasteiger partial charge on any atom is 0.260 e. The predicted molar refractivity (Wildman–Crippen MR) is 98.6 cm³/mol. The number of hydrogen-bond donors (Lipinski definition) is 0. The van der Waals surface area contributed by atoms with Gasteiger partial charge in [0.25, 0.3) is 5.91 Å². The van der Waals surface area contributed by atoms with E-state index in [1.165, 1.54) is 39.5 Å². The van der Waals surface area contributed by atoms with E-state index in [1.54, 1.807) is 0 Å². The molecule has 0 N–H and O–H groups in total. The Morgan fingerprint density at radius 3 is 2.36 bits per heavy atom. The highest BCUT2D eigenvalue weighted by atomic mass is 35.5. The summed E-state index contributed by atoms with van der Waals surface area (Å²) >= 11 is 5.85. The second-order valence-electron chi connectivity index (χ2n) is 6.11. The van der Waals surface area contributed by atoms with Crippen LogP contribution in [0.3, 0.4) is 0 Å². The lowest BCUT2D eigenvalue weighted by Crippen LogP contribution is -2.51. The zero-order valence-electron chi connectivity index (χ0n) is 14.6. The third-order valence-electron chi connectivity index (χ3n) is 4.27. The number of carbonyl (C=O) groups is 1. The van der Waals surface area contributed by atoms with Gasteiger partial charge in [0.15, 0.2) is 6.61 Å². The van der Waals surface area contributed by atoms with E-state index in [-0.39, 0.29) is 54.4 Å². The minimum Gasteiger partial charge on any atom is -0.482 e. The average Bonchev–Trinajstić information content (AvgIpc) is 2.67. The fourth-order valence-corrected chi connectivity index (χ4v) is 4.45. The van der Waals surface area contributed by atoms with Crippen LogP contribution in [-0.2, 0) is 14.8 Å². The minimum atomic E-state index is -3.83. The summed E-state index contributed by atoms with van der Waals surface area (Å²) in [5.74, 6) is -1.31. The molecule has 28 heavy (non-hydrogen) atoms. The van der Waals surface area contributed by atoms with Crippen molar-refractivity contribution < 1.29 is 26.7 Å². The predicted octanol–water partition coefficient (Wildman–Crippen LogP) is 2.53. The second kappa shape index (κ2) is 8.42. The molecule has 1 amide bonds. The zero-order valence-corrected chi connectivity index (χ0v) is 16.2. The summed E-state index contributed by atoms with van der Waals surface area (Å²) in [4.78, 5) is 13.6. The van der Waals surface area contributed by atoms with Crippen molar-refractivity contribution in [3.05, 3.63) is 59.1 Å². The lowest BCUT2D eigenvalue weighted by Gasteiger charge is -2.34. The van der Waals surface area contributed by atoms with Gasteiger partial charge in [-0.25, -0.2) is 17.2 Å². The summed E-state index contributed by atoms with van der Waals surface area (Å²) in [6, 6.07) is 8.37. The Labute approximate surface area is 166 Å². The topological polar surface area (TPSA) is 66.9 Å². The van der Waals surface area contributed by atoms with E-state index in [2.05, 4.69) is 0 Å². The van der Waals surface area contributed by atoms with Crippen LogP contribution in [0.2, 0.25) is 5.02 Å². The molecule has 3 rings (SSSR count). The first kappa shape index (κ1) is 20.5. The summed E-state index contributed by atoms with van der Waals surface area (Å²) in [5, 5.41) is 0.0545. The molecule has 150 valence electrons. The maximum absolute atomic E-state index is 13.3. The Kier molecular flexibility index (Phi) is 6.17. The normalized spacial score (nSPS) is 15.5. The molecule has 0 spiro atoms. The Bertz CT molecular complexity index is 979. The van der Waals surface area contributed by atoms with Crippen LogP contribution in [0, 0.1) is 11.6 Å². The fourth-order valence-electron chi connectivity index (χ4n) is 2.78. The maximum atomic E-state index is 13.3. The van der Waals surface area contributed by atoms with E-state index in [9.17, 15) is 22.0 Å². The molecule has 2 aromatic carbocycles. The number of carbonyl (C=O) groups excluding carboxylic acids is 1. The van der Waals surface area contributed by atoms with Gasteiger partial charge in [0.05, 0.1) is 9.92 Å². The number of hydrogen-bond acceptors (Lipinski definition) is 4. The Hall–Kier alpha value is -2.23. The number of amides is 1. The van der Waals surface area contributed by atoms with Crippen molar-refractivity contribution in [3.63, 3.8) is 0 Å². The van der Waals surface area contributed by atoms with Gasteiger partial charge < -0.3 is 9.64 Å². The summed E-state index contributed by atoms with van der Waals surface area (Å²) in [7, 11) is -3.83. The molecule has 0 unspecified atom stereocenters. The highest BCUT2D eigenvalue weighted by Crippen LogP contribution is 2.25. The van der Waals surface area contributed by atoms with Gasteiger partial charge >= 0.3 is 0 Å². The lowest BCUT2D eigenvalue weighted by atomic mass is 10.3. The van der Waals surface area contributed by atoms with Crippen LogP contribution >= 0.6 is 11.6 Å². The van der Waals surface area contributed by atoms with Crippen molar-refractivity contribution in [2.45, 2.75) is 4.90 Å². The highest BCUT2D eigenvalue weighted by Gasteiger charge is 2.30. The molecule has 0 atom stereocenters. The van der Waals surface area contributed by atoms with E-state index in [4.69, 9.17) is 16.3 Å². The van der Waals surface area contributed by atoms with Crippen molar-refractivity contribution in [2.24, 2.45) is 0 Å². The van der Waals surface area contributed by atoms with E-state index < -0.39 is 21.7 Å². The number of rotatable bonds is 5. The first-order chi connectivity index (χ1) is 13.3. The molecule has 0 saturated carbocycles. The standard InChI is InChI=1S/C18H17ClF2N2O4S/c19-16-11-14(21)4-5-17(16)27-12-18(24)22-6-8-23(9-7-22)28(25,26)15-3-1-2-13(20)10-15/h1-5,10-11H,6-9,12H2. The Morgan fingerprint density at radius 2 is 1.71 bits per heavy atom. The molecule has 1 aliphatic heterocycles. The summed E-state index contributed by atoms with van der Waals surface area (Å²) in [6.07, 6.45) is 0. The van der Waals surface area contributed by atoms with Crippen LogP contribution in [0.4, 0.5) is 8.78 Å². The SMILES string of the molecule is O=C(COc1ccc(F)cc1Cl)N1CCN(S(=O)(=O)c2cccc(F)c2)CC1. The third-order valence-corrected chi connectivity index (χ3v) is 6.46. The fraction of sp³-hybridized carbons (Fsp3) is 0.278. The Morgan fingerprint density at radius 1 is 1.04 bits per heavy atom. The monoisotopic (exact) mass is 430 g/mol. The van der Waals surface area contributed by atoms with E-state index >= 15 is 0 Å². The molecular formula is C18H17ClF2N2O4S. The van der Waals surface area contributed by atoms with E-state index in [0.29, 0.717) is 0 Å². The van der Waals surface area contributed by atoms with Crippen LogP contribution in [0.15, 0.2) is 47.4 Å². The van der Waals surface area contributed by atoms with Crippen LogP contribution in [0.5, 0.6) is 5.75 Å². The first-order valence-corrected chi connectivity index (χ1v) is 10.2. The summed E-state index contributed by atoms with van der Waals surface area (Å²) in [6.45, 7) is 0.216. The van der Waals surface area contributed by atoms with Crippen LogP contribution in [-0.4, -0.2) is 56.3 Å². The number of benzene rings is 2. The summed E-state index contributed by atoms with van der Waals surface area (Å²) < 4.78 is 58.0. The van der Waals surface area contributed by atoms with Gasteiger partial charge in [-0.3, -0.25) is 4.79 Å². The number of nitrogens with zero attached hydrogens (tertiary/aromatic N) is 2. The van der Waals surface area contributed by atoms with Gasteiger partial charge in [0, 0.05) is 26.2 Å². The van der Waals surface area contributed by atoms with Crippen LogP contribution in [0.25, 0.3) is 0 Å². The molecule has 0 aromatic heterocycles. The van der Waals surface area contributed by atoms with Gasteiger partial charge in [-0.1, -0.05) is 17.7 Å². The third kappa shape index (κ3) is 4.60. The molecule has 6 nitrogen and oxygen atoms in total. The van der Waals surface area contributed by atoms with E-state index in [0.717, 1.165) is 12.1 Å². The molecule has 2 aromatic rings. The number of halogens is 3. The number of piperazine rings is 1. The number of sulfonamides is 1. The van der Waals surface area contributed by atoms with Crippen molar-refractivity contribution in [1.29, 1.82) is 0 Å². The van der Waals surface area contributed by atoms with Crippen molar-refractivity contribution >= 4 is 27.5 Å². The van der Waals surface area contributed by atoms with Crippen molar-refractivity contribution in [2.75, 3.05) is 32.8 Å². The minimum absolute atomic E-state index is 0.0545. The van der Waals surface area contributed by atoms with Gasteiger partial charge in [-0.15, -0.1) is 0 Å². The average molecular weight is 431 g/mol. The first-order valence-electron chi connectivity index (χ1n) is 8.39. The van der Waals surface area contributed by atoms with E-state index in [1.807, 2.05) is 0 Å². The van der Waals surface area contributed by atoms with Crippen molar-refractivity contribution in [1.82, 2.24) is 9.21 Å². The number of ether oxygens (including phenoxy) is 1.